The molecule has 4 heterocycles. The highest BCUT2D eigenvalue weighted by atomic mass is 32.2. The van der Waals surface area contributed by atoms with E-state index in [1.54, 1.807) is 11.4 Å². The Kier molecular flexibility index (Phi) is 7.28. The van der Waals surface area contributed by atoms with Crippen molar-refractivity contribution in [1.82, 2.24) is 24.2 Å². The van der Waals surface area contributed by atoms with Crippen LogP contribution in [0.15, 0.2) is 20.2 Å². The van der Waals surface area contributed by atoms with Gasteiger partial charge in [-0.15, -0.1) is 11.3 Å². The predicted octanol–water partition coefficient (Wildman–Crippen LogP) is 2.32. The number of thiophene rings is 1. The maximum atomic E-state index is 13.3. The number of aromatic nitrogens is 2. The number of carbonyl (C=O) groups excluding carboxylic acids is 1. The lowest BCUT2D eigenvalue weighted by Crippen LogP contribution is -2.53. The highest BCUT2D eigenvalue weighted by molar-refractivity contribution is 7.91. The van der Waals surface area contributed by atoms with Crippen molar-refractivity contribution >= 4 is 27.3 Å². The van der Waals surface area contributed by atoms with Crippen LogP contribution < -0.4 is 0 Å². The van der Waals surface area contributed by atoms with Crippen molar-refractivity contribution in [1.29, 1.82) is 0 Å². The normalized spacial score (nSPS) is 21.2. The summed E-state index contributed by atoms with van der Waals surface area (Å²) in [6.07, 6.45) is 3.16. The van der Waals surface area contributed by atoms with Crippen molar-refractivity contribution in [2.75, 3.05) is 45.8 Å². The highest BCUT2D eigenvalue weighted by Gasteiger charge is 2.36. The zero-order valence-corrected chi connectivity index (χ0v) is 20.3. The van der Waals surface area contributed by atoms with E-state index in [1.165, 1.54) is 4.31 Å². The van der Waals surface area contributed by atoms with E-state index in [2.05, 4.69) is 22.0 Å². The van der Waals surface area contributed by atoms with Gasteiger partial charge in [0.05, 0.1) is 5.92 Å². The van der Waals surface area contributed by atoms with E-state index in [1.807, 2.05) is 11.8 Å². The quantitative estimate of drug-likeness (QED) is 0.598. The molecule has 32 heavy (non-hydrogen) atoms. The topological polar surface area (TPSA) is 99.8 Å². The zero-order chi connectivity index (χ0) is 22.7. The van der Waals surface area contributed by atoms with E-state index in [9.17, 15) is 13.2 Å². The molecule has 2 aromatic rings. The Morgan fingerprint density at radius 2 is 2.00 bits per heavy atom. The van der Waals surface area contributed by atoms with Crippen LogP contribution in [0.5, 0.6) is 0 Å². The third kappa shape index (κ3) is 4.90. The van der Waals surface area contributed by atoms with Crippen molar-refractivity contribution in [3.05, 3.63) is 17.3 Å². The highest BCUT2D eigenvalue weighted by Crippen LogP contribution is 2.31. The number of piperazine rings is 1. The Bertz CT molecular complexity index is 1030. The molecule has 0 unspecified atom stereocenters. The molecule has 2 fully saturated rings. The molecule has 0 aromatic carbocycles. The molecule has 1 atom stereocenters. The van der Waals surface area contributed by atoms with E-state index >= 15 is 0 Å². The molecular weight excluding hydrogens is 450 g/mol. The molecule has 176 valence electrons. The molecule has 11 heteroatoms. The molecule has 2 aliphatic heterocycles. The smallest absolute Gasteiger partial charge is 0.252 e. The van der Waals surface area contributed by atoms with Gasteiger partial charge < -0.3 is 9.42 Å². The molecule has 0 bridgehead atoms. The lowest BCUT2D eigenvalue weighted by molar-refractivity contribution is -0.138. The van der Waals surface area contributed by atoms with Gasteiger partial charge in [0.2, 0.25) is 17.6 Å². The van der Waals surface area contributed by atoms with Gasteiger partial charge in [0, 0.05) is 56.6 Å². The van der Waals surface area contributed by atoms with E-state index in [-0.39, 0.29) is 22.6 Å². The Morgan fingerprint density at radius 1 is 1.22 bits per heavy atom. The Hall–Kier alpha value is -1.82. The zero-order valence-electron chi connectivity index (χ0n) is 18.7. The maximum absolute atomic E-state index is 13.3. The van der Waals surface area contributed by atoms with Crippen molar-refractivity contribution in [2.24, 2.45) is 5.92 Å². The van der Waals surface area contributed by atoms with Crippen LogP contribution in [-0.2, 0) is 21.2 Å². The van der Waals surface area contributed by atoms with Crippen LogP contribution in [0, 0.1) is 5.92 Å². The van der Waals surface area contributed by atoms with Gasteiger partial charge in [0.1, 0.15) is 4.21 Å². The first kappa shape index (κ1) is 23.3. The average Bonchev–Trinajstić information content (AvgIpc) is 3.49. The minimum absolute atomic E-state index is 0.0896. The van der Waals surface area contributed by atoms with Gasteiger partial charge in [0.15, 0.2) is 0 Å². The fourth-order valence-corrected chi connectivity index (χ4v) is 7.18. The number of hydrogen-bond donors (Lipinski definition) is 0. The van der Waals surface area contributed by atoms with Gasteiger partial charge in [-0.3, -0.25) is 9.69 Å². The summed E-state index contributed by atoms with van der Waals surface area (Å²) in [4.78, 5) is 21.7. The molecule has 4 rings (SSSR count). The van der Waals surface area contributed by atoms with Gasteiger partial charge >= 0.3 is 0 Å². The van der Waals surface area contributed by atoms with E-state index in [0.717, 1.165) is 56.9 Å². The van der Waals surface area contributed by atoms with Crippen molar-refractivity contribution in [2.45, 2.75) is 43.7 Å². The van der Waals surface area contributed by atoms with Gasteiger partial charge in [-0.25, -0.2) is 8.42 Å². The molecule has 2 saturated heterocycles. The lowest BCUT2D eigenvalue weighted by Gasteiger charge is -2.38. The first-order valence-electron chi connectivity index (χ1n) is 11.3. The summed E-state index contributed by atoms with van der Waals surface area (Å²) >= 11 is 1.15. The SMILES string of the molecule is CCCN1CCN(C(=O)[C@H]2CCCN(S(=O)(=O)c3cc(-c4noc(CC)n4)cs3)C2)CC1. The maximum Gasteiger partial charge on any atom is 0.252 e. The summed E-state index contributed by atoms with van der Waals surface area (Å²) in [5, 5.41) is 5.66. The second-order valence-corrected chi connectivity index (χ2v) is 11.5. The average molecular weight is 482 g/mol. The van der Waals surface area contributed by atoms with Crippen LogP contribution in [0.25, 0.3) is 11.4 Å². The molecular formula is C21H31N5O4S2. The number of rotatable bonds is 7. The van der Waals surface area contributed by atoms with Crippen LogP contribution >= 0.6 is 11.3 Å². The van der Waals surface area contributed by atoms with Gasteiger partial charge in [-0.05, 0) is 31.9 Å². The second-order valence-electron chi connectivity index (χ2n) is 8.39. The van der Waals surface area contributed by atoms with Crippen molar-refractivity contribution in [3.63, 3.8) is 0 Å². The summed E-state index contributed by atoms with van der Waals surface area (Å²) in [6.45, 7) is 9.04. The van der Waals surface area contributed by atoms with Crippen LogP contribution in [0.3, 0.4) is 0 Å². The van der Waals surface area contributed by atoms with Gasteiger partial charge in [0.25, 0.3) is 10.0 Å². The van der Waals surface area contributed by atoms with Crippen LogP contribution in [0.4, 0.5) is 0 Å². The molecule has 2 aromatic heterocycles. The summed E-state index contributed by atoms with van der Waals surface area (Å²) in [5.74, 6) is 0.726. The number of piperidine rings is 1. The predicted molar refractivity (Wildman–Crippen MR) is 122 cm³/mol. The summed E-state index contributed by atoms with van der Waals surface area (Å²) in [6, 6.07) is 1.60. The second kappa shape index (κ2) is 9.98. The monoisotopic (exact) mass is 481 g/mol. The van der Waals surface area contributed by atoms with Crippen LogP contribution in [0.2, 0.25) is 0 Å². The molecule has 0 radical (unpaired) electrons. The Balaban J connectivity index is 1.42. The van der Waals surface area contributed by atoms with E-state index < -0.39 is 10.0 Å². The number of carbonyl (C=O) groups is 1. The summed E-state index contributed by atoms with van der Waals surface area (Å²) in [7, 11) is -3.67. The molecule has 2 aliphatic rings. The minimum atomic E-state index is -3.67. The summed E-state index contributed by atoms with van der Waals surface area (Å²) < 4.78 is 33.4. The molecule has 9 nitrogen and oxygen atoms in total. The fraction of sp³-hybridized carbons (Fsp3) is 0.667. The fourth-order valence-electron chi connectivity index (χ4n) is 4.34. The molecule has 1 amide bonds. The molecule has 0 N–H and O–H groups in total. The summed E-state index contributed by atoms with van der Waals surface area (Å²) in [5.41, 5.74) is 0.631. The first-order valence-corrected chi connectivity index (χ1v) is 13.7. The van der Waals surface area contributed by atoms with E-state index in [0.29, 0.717) is 36.7 Å². The van der Waals surface area contributed by atoms with Gasteiger partial charge in [-0.1, -0.05) is 19.0 Å². The van der Waals surface area contributed by atoms with Crippen molar-refractivity contribution in [3.8, 4) is 11.4 Å². The number of sulfonamides is 1. The van der Waals surface area contributed by atoms with Crippen LogP contribution in [0.1, 0.15) is 39.0 Å². The number of hydrogen-bond acceptors (Lipinski definition) is 8. The Morgan fingerprint density at radius 3 is 2.69 bits per heavy atom. The number of nitrogens with zero attached hydrogens (tertiary/aromatic N) is 5. The lowest BCUT2D eigenvalue weighted by atomic mass is 9.98. The largest absolute Gasteiger partial charge is 0.340 e. The standard InChI is InChI=1S/C21H31N5O4S2/c1-3-7-24-9-11-25(12-10-24)21(27)16-6-5-8-26(14-16)32(28,29)19-13-17(15-31-19)20-22-18(4-2)30-23-20/h13,15-16H,3-12,14H2,1-2H3/t16-/m0/s1. The minimum Gasteiger partial charge on any atom is -0.340 e. The first-order chi connectivity index (χ1) is 15.4. The molecule has 0 spiro atoms. The number of aryl methyl sites for hydroxylation is 1. The third-order valence-corrected chi connectivity index (χ3v) is 9.44. The van der Waals surface area contributed by atoms with Crippen molar-refractivity contribution < 1.29 is 17.7 Å². The van der Waals surface area contributed by atoms with Gasteiger partial charge in [-0.2, -0.15) is 9.29 Å². The number of amides is 1. The molecule has 0 aliphatic carbocycles. The third-order valence-electron chi connectivity index (χ3n) is 6.16. The Labute approximate surface area is 193 Å². The molecule has 0 saturated carbocycles. The van der Waals surface area contributed by atoms with E-state index in [4.69, 9.17) is 4.52 Å². The van der Waals surface area contributed by atoms with Crippen LogP contribution in [-0.4, -0.2) is 84.4 Å².